The van der Waals surface area contributed by atoms with E-state index in [-0.39, 0.29) is 18.5 Å². The summed E-state index contributed by atoms with van der Waals surface area (Å²) in [6.45, 7) is 2.13. The molecule has 0 saturated carbocycles. The van der Waals surface area contributed by atoms with Crippen LogP contribution in [0.5, 0.6) is 0 Å². The number of pyridine rings is 1. The van der Waals surface area contributed by atoms with Gasteiger partial charge in [0.2, 0.25) is 0 Å². The minimum atomic E-state index is -1.17. The monoisotopic (exact) mass is 504 g/mol. The van der Waals surface area contributed by atoms with Gasteiger partial charge in [0, 0.05) is 18.2 Å². The maximum Gasteiger partial charge on any atom is 0.154 e. The average Bonchev–Trinajstić information content (AvgIpc) is 3.52. The Bertz CT molecular complexity index is 1430. The molecule has 2 aliphatic heterocycles. The number of benzene rings is 1. The number of hydrogen-bond acceptors (Lipinski definition) is 5. The van der Waals surface area contributed by atoms with Crippen LogP contribution >= 0.6 is 0 Å². The maximum atomic E-state index is 14.5. The molecule has 4 aromatic rings. The second-order valence-corrected chi connectivity index (χ2v) is 9.69. The normalized spacial score (nSPS) is 20.9. The lowest BCUT2D eigenvalue weighted by atomic mass is 9.91. The van der Waals surface area contributed by atoms with Gasteiger partial charge in [0.25, 0.3) is 0 Å². The zero-order valence-electron chi connectivity index (χ0n) is 20.2. The zero-order valence-corrected chi connectivity index (χ0v) is 20.2. The predicted octanol–water partition coefficient (Wildman–Crippen LogP) is 5.33. The fraction of sp³-hybridized carbons (Fsp3) is 0.321. The van der Waals surface area contributed by atoms with Gasteiger partial charge in [0.1, 0.15) is 23.6 Å². The third-order valence-electron chi connectivity index (χ3n) is 7.28. The number of piperidine rings is 1. The molecule has 1 aromatic carbocycles. The standard InChI is InChI=1S/C28H27F3N6/c29-20-2-6-25(31)24(13-20)26-14-21(30)17-36(26)28-8-7-27-34-16-23(37(27)35-28)5-4-22-3-1-19(15-33-22)18-9-11-32-12-10-18/h1-8,13,15-16,18,21,26,32H,9-12,14,17H2/b5-4+/t21-,26+/m0/s1. The number of anilines is 1. The average molecular weight is 505 g/mol. The SMILES string of the molecule is Fc1ccc(F)c([C@H]2C[C@H](F)CN2c2ccc3ncc(/C=C/c4ccc(C5CCNCC5)cn4)n3n2)c1. The lowest BCUT2D eigenvalue weighted by molar-refractivity contribution is 0.355. The molecular weight excluding hydrogens is 477 g/mol. The molecule has 2 fully saturated rings. The number of nitrogens with one attached hydrogen (secondary N) is 1. The molecule has 1 N–H and O–H groups in total. The Labute approximate surface area is 212 Å². The molecule has 3 aromatic heterocycles. The van der Waals surface area contributed by atoms with Gasteiger partial charge in [0.15, 0.2) is 5.65 Å². The van der Waals surface area contributed by atoms with Crippen LogP contribution in [0.1, 0.15) is 53.7 Å². The van der Waals surface area contributed by atoms with Crippen molar-refractivity contribution in [2.75, 3.05) is 24.5 Å². The number of aromatic nitrogens is 4. The van der Waals surface area contributed by atoms with E-state index in [1.54, 1.807) is 27.7 Å². The smallest absolute Gasteiger partial charge is 0.154 e. The van der Waals surface area contributed by atoms with Crippen molar-refractivity contribution in [3.05, 3.63) is 89.0 Å². The van der Waals surface area contributed by atoms with Crippen LogP contribution in [0, 0.1) is 11.6 Å². The number of rotatable bonds is 5. The van der Waals surface area contributed by atoms with Gasteiger partial charge in [0.05, 0.1) is 30.2 Å². The third-order valence-corrected chi connectivity index (χ3v) is 7.28. The van der Waals surface area contributed by atoms with Crippen molar-refractivity contribution in [2.45, 2.75) is 37.4 Å². The first-order chi connectivity index (χ1) is 18.0. The van der Waals surface area contributed by atoms with E-state index in [4.69, 9.17) is 0 Å². The number of imidazole rings is 1. The van der Waals surface area contributed by atoms with Crippen LogP contribution in [-0.2, 0) is 0 Å². The summed E-state index contributed by atoms with van der Waals surface area (Å²) < 4.78 is 44.6. The van der Waals surface area contributed by atoms with Gasteiger partial charge in [-0.3, -0.25) is 4.98 Å². The molecule has 190 valence electrons. The van der Waals surface area contributed by atoms with Gasteiger partial charge in [-0.15, -0.1) is 5.10 Å². The van der Waals surface area contributed by atoms with E-state index in [0.717, 1.165) is 55.5 Å². The molecule has 2 aliphatic rings. The Kier molecular flexibility index (Phi) is 6.38. The Balaban J connectivity index is 1.26. The van der Waals surface area contributed by atoms with Crippen molar-refractivity contribution in [1.82, 2.24) is 24.9 Å². The van der Waals surface area contributed by atoms with Crippen molar-refractivity contribution in [3.8, 4) is 0 Å². The van der Waals surface area contributed by atoms with E-state index in [0.29, 0.717) is 17.4 Å². The highest BCUT2D eigenvalue weighted by atomic mass is 19.1. The van der Waals surface area contributed by atoms with Gasteiger partial charge in [-0.2, -0.15) is 0 Å². The van der Waals surface area contributed by atoms with Crippen LogP contribution in [0.4, 0.5) is 19.0 Å². The highest BCUT2D eigenvalue weighted by molar-refractivity contribution is 5.68. The number of alkyl halides is 1. The van der Waals surface area contributed by atoms with Gasteiger partial charge >= 0.3 is 0 Å². The molecule has 6 nitrogen and oxygen atoms in total. The molecule has 9 heteroatoms. The van der Waals surface area contributed by atoms with Crippen molar-refractivity contribution in [3.63, 3.8) is 0 Å². The number of hydrogen-bond donors (Lipinski definition) is 1. The predicted molar refractivity (Wildman–Crippen MR) is 137 cm³/mol. The Hall–Kier alpha value is -3.72. The van der Waals surface area contributed by atoms with Crippen LogP contribution in [0.15, 0.2) is 54.9 Å². The zero-order chi connectivity index (χ0) is 25.4. The summed E-state index contributed by atoms with van der Waals surface area (Å²) in [7, 11) is 0. The minimum Gasteiger partial charge on any atom is -0.345 e. The highest BCUT2D eigenvalue weighted by Crippen LogP contribution is 2.38. The number of fused-ring (bicyclic) bond motifs is 1. The molecule has 2 atom stereocenters. The second-order valence-electron chi connectivity index (χ2n) is 9.69. The molecule has 2 saturated heterocycles. The van der Waals surface area contributed by atoms with Gasteiger partial charge in [-0.25, -0.2) is 22.7 Å². The molecule has 0 unspecified atom stereocenters. The first-order valence-electron chi connectivity index (χ1n) is 12.6. The molecule has 0 amide bonds. The first-order valence-corrected chi connectivity index (χ1v) is 12.6. The Morgan fingerprint density at radius 3 is 2.62 bits per heavy atom. The van der Waals surface area contributed by atoms with E-state index >= 15 is 0 Å². The summed E-state index contributed by atoms with van der Waals surface area (Å²) >= 11 is 0. The van der Waals surface area contributed by atoms with Crippen molar-refractivity contribution in [2.24, 2.45) is 0 Å². The third kappa shape index (κ3) is 4.83. The molecule has 37 heavy (non-hydrogen) atoms. The van der Waals surface area contributed by atoms with E-state index in [1.807, 2.05) is 24.4 Å². The number of nitrogens with zero attached hydrogens (tertiary/aromatic N) is 5. The summed E-state index contributed by atoms with van der Waals surface area (Å²) in [4.78, 5) is 10.7. The summed E-state index contributed by atoms with van der Waals surface area (Å²) in [6, 6.07) is 10.3. The maximum absolute atomic E-state index is 14.5. The van der Waals surface area contributed by atoms with Gasteiger partial charge < -0.3 is 10.2 Å². The van der Waals surface area contributed by atoms with Crippen LogP contribution < -0.4 is 10.2 Å². The summed E-state index contributed by atoms with van der Waals surface area (Å²) in [5.74, 6) is -0.0937. The summed E-state index contributed by atoms with van der Waals surface area (Å²) in [5, 5.41) is 8.07. The topological polar surface area (TPSA) is 58.4 Å². The van der Waals surface area contributed by atoms with E-state index in [2.05, 4.69) is 26.4 Å². The molecule has 0 spiro atoms. The van der Waals surface area contributed by atoms with E-state index < -0.39 is 23.8 Å². The van der Waals surface area contributed by atoms with Crippen molar-refractivity contribution in [1.29, 1.82) is 0 Å². The second kappa shape index (κ2) is 9.97. The summed E-state index contributed by atoms with van der Waals surface area (Å²) in [5.41, 5.74) is 3.57. The molecule has 5 heterocycles. The highest BCUT2D eigenvalue weighted by Gasteiger charge is 2.36. The van der Waals surface area contributed by atoms with Gasteiger partial charge in [-0.05, 0) is 86.0 Å². The summed E-state index contributed by atoms with van der Waals surface area (Å²) in [6.07, 6.45) is 8.59. The lowest BCUT2D eigenvalue weighted by Gasteiger charge is -2.26. The Morgan fingerprint density at radius 2 is 1.81 bits per heavy atom. The molecule has 6 rings (SSSR count). The fourth-order valence-corrected chi connectivity index (χ4v) is 5.33. The largest absolute Gasteiger partial charge is 0.345 e. The van der Waals surface area contributed by atoms with E-state index in [9.17, 15) is 13.2 Å². The first kappa shape index (κ1) is 23.7. The molecule has 0 aliphatic carbocycles. The minimum absolute atomic E-state index is 0.0479. The molecule has 0 bridgehead atoms. The molecule has 0 radical (unpaired) electrons. The van der Waals surface area contributed by atoms with Crippen LogP contribution in [-0.4, -0.2) is 45.4 Å². The van der Waals surface area contributed by atoms with Crippen LogP contribution in [0.2, 0.25) is 0 Å². The van der Waals surface area contributed by atoms with Crippen LogP contribution in [0.3, 0.4) is 0 Å². The van der Waals surface area contributed by atoms with Crippen molar-refractivity contribution >= 4 is 23.6 Å². The van der Waals surface area contributed by atoms with Crippen LogP contribution in [0.25, 0.3) is 17.8 Å². The van der Waals surface area contributed by atoms with Crippen molar-refractivity contribution < 1.29 is 13.2 Å². The fourth-order valence-electron chi connectivity index (χ4n) is 5.33. The lowest BCUT2D eigenvalue weighted by Crippen LogP contribution is -2.26. The van der Waals surface area contributed by atoms with Gasteiger partial charge in [-0.1, -0.05) is 6.07 Å². The quantitative estimate of drug-likeness (QED) is 0.398. The number of halogens is 3. The molecular formula is C28H27F3N6. The Morgan fingerprint density at radius 1 is 0.946 bits per heavy atom. The van der Waals surface area contributed by atoms with E-state index in [1.165, 1.54) is 5.56 Å².